The molecule has 1 aromatic heterocycles. The topological polar surface area (TPSA) is 54.9 Å². The molecule has 1 fully saturated rings. The van der Waals surface area contributed by atoms with Gasteiger partial charge in [-0.05, 0) is 47.9 Å². The van der Waals surface area contributed by atoms with Crippen molar-refractivity contribution in [2.45, 2.75) is 26.3 Å². The highest BCUT2D eigenvalue weighted by Crippen LogP contribution is 2.25. The van der Waals surface area contributed by atoms with E-state index < -0.39 is 0 Å². The Morgan fingerprint density at radius 2 is 1.67 bits per heavy atom. The van der Waals surface area contributed by atoms with Crippen molar-refractivity contribution in [1.82, 2.24) is 14.8 Å². The molecule has 0 spiro atoms. The number of aromatic nitrogens is 1. The first-order valence-corrected chi connectivity index (χ1v) is 12.2. The van der Waals surface area contributed by atoms with Gasteiger partial charge in [0.15, 0.2) is 6.61 Å². The summed E-state index contributed by atoms with van der Waals surface area (Å²) in [6.45, 7) is 8.32. The number of carbonyl (C=O) groups is 1. The second-order valence-corrected chi connectivity index (χ2v) is 9.47. The fourth-order valence-electron chi connectivity index (χ4n) is 3.81. The molecule has 7 heteroatoms. The van der Waals surface area contributed by atoms with Crippen LogP contribution < -0.4 is 9.47 Å². The van der Waals surface area contributed by atoms with E-state index in [2.05, 4.69) is 36.3 Å². The summed E-state index contributed by atoms with van der Waals surface area (Å²) in [6.07, 6.45) is 0. The van der Waals surface area contributed by atoms with E-state index in [-0.39, 0.29) is 12.5 Å². The Morgan fingerprint density at radius 3 is 2.30 bits per heavy atom. The van der Waals surface area contributed by atoms with E-state index in [0.29, 0.717) is 19.0 Å². The van der Waals surface area contributed by atoms with Crippen LogP contribution in [0.2, 0.25) is 0 Å². The van der Waals surface area contributed by atoms with E-state index in [1.165, 1.54) is 5.56 Å². The summed E-state index contributed by atoms with van der Waals surface area (Å²) < 4.78 is 10.9. The number of nitrogens with zero attached hydrogens (tertiary/aromatic N) is 3. The summed E-state index contributed by atoms with van der Waals surface area (Å²) in [4.78, 5) is 21.6. The number of hydrogen-bond donors (Lipinski definition) is 0. The maximum absolute atomic E-state index is 12.6. The standard InChI is InChI=1S/C26H31N3O3S/c1-19(2)20-4-10-23(11-5-20)32-17-26(30)29-14-12-28(13-15-29)16-25-27-24(18-33-25)21-6-8-22(31-3)9-7-21/h4-11,18-19H,12-17H2,1-3H3. The lowest BCUT2D eigenvalue weighted by Crippen LogP contribution is -2.49. The number of rotatable bonds is 8. The molecular weight excluding hydrogens is 434 g/mol. The highest BCUT2D eigenvalue weighted by atomic mass is 32.1. The number of hydrogen-bond acceptors (Lipinski definition) is 6. The van der Waals surface area contributed by atoms with Crippen molar-refractivity contribution < 1.29 is 14.3 Å². The van der Waals surface area contributed by atoms with Gasteiger partial charge in [0.05, 0.1) is 19.3 Å². The van der Waals surface area contributed by atoms with E-state index in [9.17, 15) is 4.79 Å². The average molecular weight is 466 g/mol. The molecule has 1 saturated heterocycles. The summed E-state index contributed by atoms with van der Waals surface area (Å²) in [7, 11) is 1.67. The van der Waals surface area contributed by atoms with Gasteiger partial charge in [0.2, 0.25) is 0 Å². The molecule has 6 nitrogen and oxygen atoms in total. The van der Waals surface area contributed by atoms with Crippen molar-refractivity contribution in [3.05, 3.63) is 64.5 Å². The fourth-order valence-corrected chi connectivity index (χ4v) is 4.65. The van der Waals surface area contributed by atoms with Crippen molar-refractivity contribution in [3.8, 4) is 22.8 Å². The average Bonchev–Trinajstić information content (AvgIpc) is 3.31. The number of ether oxygens (including phenoxy) is 2. The first kappa shape index (κ1) is 23.3. The highest BCUT2D eigenvalue weighted by molar-refractivity contribution is 7.09. The Morgan fingerprint density at radius 1 is 1.00 bits per heavy atom. The third kappa shape index (κ3) is 6.12. The van der Waals surface area contributed by atoms with Crippen LogP contribution in [-0.2, 0) is 11.3 Å². The monoisotopic (exact) mass is 465 g/mol. The van der Waals surface area contributed by atoms with Crippen LogP contribution in [0.3, 0.4) is 0 Å². The van der Waals surface area contributed by atoms with Crippen LogP contribution in [-0.4, -0.2) is 60.6 Å². The number of amides is 1. The maximum atomic E-state index is 12.6. The Kier molecular flexibility index (Phi) is 7.62. The lowest BCUT2D eigenvalue weighted by atomic mass is 10.0. The molecular formula is C26H31N3O3S. The zero-order valence-corrected chi connectivity index (χ0v) is 20.3. The molecule has 1 aliphatic heterocycles. The van der Waals surface area contributed by atoms with Gasteiger partial charge in [0.25, 0.3) is 5.91 Å². The maximum Gasteiger partial charge on any atom is 0.260 e. The molecule has 4 rings (SSSR count). The SMILES string of the molecule is COc1ccc(-c2csc(CN3CCN(C(=O)COc4ccc(C(C)C)cc4)CC3)n2)cc1. The predicted octanol–water partition coefficient (Wildman–Crippen LogP) is 4.67. The minimum absolute atomic E-state index is 0.0404. The van der Waals surface area contributed by atoms with Gasteiger partial charge in [-0.25, -0.2) is 4.98 Å². The van der Waals surface area contributed by atoms with Gasteiger partial charge in [0.1, 0.15) is 16.5 Å². The fraction of sp³-hybridized carbons (Fsp3) is 0.385. The van der Waals surface area contributed by atoms with Crippen LogP contribution in [0, 0.1) is 0 Å². The summed E-state index contributed by atoms with van der Waals surface area (Å²) >= 11 is 1.68. The smallest absolute Gasteiger partial charge is 0.260 e. The van der Waals surface area contributed by atoms with E-state index in [0.717, 1.165) is 47.4 Å². The zero-order valence-electron chi connectivity index (χ0n) is 19.5. The van der Waals surface area contributed by atoms with Crippen LogP contribution in [0.15, 0.2) is 53.9 Å². The molecule has 0 N–H and O–H groups in total. The van der Waals surface area contributed by atoms with Crippen molar-refractivity contribution in [1.29, 1.82) is 0 Å². The van der Waals surface area contributed by atoms with Crippen molar-refractivity contribution in [3.63, 3.8) is 0 Å². The minimum atomic E-state index is 0.0404. The van der Waals surface area contributed by atoms with Crippen LogP contribution in [0.4, 0.5) is 0 Å². The van der Waals surface area contributed by atoms with E-state index in [1.807, 2.05) is 41.3 Å². The third-order valence-electron chi connectivity index (χ3n) is 5.93. The normalized spacial score (nSPS) is 14.5. The molecule has 2 aromatic carbocycles. The van der Waals surface area contributed by atoms with Crippen LogP contribution >= 0.6 is 11.3 Å². The highest BCUT2D eigenvalue weighted by Gasteiger charge is 2.22. The second-order valence-electron chi connectivity index (χ2n) is 8.52. The second kappa shape index (κ2) is 10.8. The largest absolute Gasteiger partial charge is 0.497 e. The number of piperazine rings is 1. The Balaban J connectivity index is 1.22. The van der Waals surface area contributed by atoms with Crippen molar-refractivity contribution in [2.75, 3.05) is 39.9 Å². The van der Waals surface area contributed by atoms with Gasteiger partial charge in [-0.3, -0.25) is 9.69 Å². The van der Waals surface area contributed by atoms with Gasteiger partial charge in [-0.15, -0.1) is 11.3 Å². The van der Waals surface area contributed by atoms with Gasteiger partial charge in [-0.2, -0.15) is 0 Å². The van der Waals surface area contributed by atoms with Crippen LogP contribution in [0.5, 0.6) is 11.5 Å². The molecule has 1 aliphatic rings. The molecule has 0 saturated carbocycles. The Labute approximate surface area is 199 Å². The van der Waals surface area contributed by atoms with E-state index >= 15 is 0 Å². The summed E-state index contributed by atoms with van der Waals surface area (Å²) in [6, 6.07) is 16.0. The Bertz CT molecular complexity index is 1040. The van der Waals surface area contributed by atoms with E-state index in [1.54, 1.807) is 18.4 Å². The molecule has 174 valence electrons. The van der Waals surface area contributed by atoms with Gasteiger partial charge in [-0.1, -0.05) is 26.0 Å². The molecule has 33 heavy (non-hydrogen) atoms. The molecule has 3 aromatic rings. The first-order valence-electron chi connectivity index (χ1n) is 11.3. The third-order valence-corrected chi connectivity index (χ3v) is 6.76. The number of carbonyl (C=O) groups excluding carboxylic acids is 1. The molecule has 0 aliphatic carbocycles. The van der Waals surface area contributed by atoms with Gasteiger partial charge >= 0.3 is 0 Å². The van der Waals surface area contributed by atoms with Crippen molar-refractivity contribution >= 4 is 17.2 Å². The van der Waals surface area contributed by atoms with Crippen LogP contribution in [0.25, 0.3) is 11.3 Å². The summed E-state index contributed by atoms with van der Waals surface area (Å²) in [5.41, 5.74) is 3.35. The predicted molar refractivity (Wildman–Crippen MR) is 132 cm³/mol. The quantitative estimate of drug-likeness (QED) is 0.484. The first-order chi connectivity index (χ1) is 16.0. The number of methoxy groups -OCH3 is 1. The molecule has 0 bridgehead atoms. The molecule has 0 radical (unpaired) electrons. The summed E-state index contributed by atoms with van der Waals surface area (Å²) in [5, 5.41) is 3.19. The minimum Gasteiger partial charge on any atom is -0.497 e. The lowest BCUT2D eigenvalue weighted by molar-refractivity contribution is -0.135. The van der Waals surface area contributed by atoms with Gasteiger partial charge in [0, 0.05) is 37.1 Å². The van der Waals surface area contributed by atoms with E-state index in [4.69, 9.17) is 14.5 Å². The number of thiazole rings is 1. The molecule has 1 amide bonds. The van der Waals surface area contributed by atoms with Crippen LogP contribution in [0.1, 0.15) is 30.3 Å². The molecule has 0 unspecified atom stereocenters. The molecule has 0 atom stereocenters. The number of benzene rings is 2. The van der Waals surface area contributed by atoms with Crippen molar-refractivity contribution in [2.24, 2.45) is 0 Å². The summed E-state index contributed by atoms with van der Waals surface area (Å²) in [5.74, 6) is 2.10. The molecule has 2 heterocycles. The Hall–Kier alpha value is -2.90. The van der Waals surface area contributed by atoms with Gasteiger partial charge < -0.3 is 14.4 Å². The zero-order chi connectivity index (χ0) is 23.2. The lowest BCUT2D eigenvalue weighted by Gasteiger charge is -2.34.